The Labute approximate surface area is 116 Å². The molecule has 0 spiro atoms. The molecule has 2 rings (SSSR count). The molecule has 0 aliphatic rings. The summed E-state index contributed by atoms with van der Waals surface area (Å²) in [7, 11) is 1.17. The Kier molecular flexibility index (Phi) is 3.69. The maximum atomic E-state index is 12.1. The molecule has 0 fully saturated rings. The number of nitrogens with one attached hydrogen (secondary N) is 1. The lowest BCUT2D eigenvalue weighted by Crippen LogP contribution is -2.37. The smallest absolute Gasteiger partial charge is 0.322 e. The number of amides is 1. The van der Waals surface area contributed by atoms with Crippen LogP contribution >= 0.6 is 0 Å². The van der Waals surface area contributed by atoms with Gasteiger partial charge in [-0.25, -0.2) is 9.97 Å². The van der Waals surface area contributed by atoms with Crippen LogP contribution in [0, 0.1) is 0 Å². The number of carboxylic acids is 1. The maximum Gasteiger partial charge on any atom is 0.322 e. The van der Waals surface area contributed by atoms with E-state index >= 15 is 0 Å². The number of carboxylic acid groups (broad SMARTS) is 1. The fraction of sp³-hybridized carbons (Fsp3) is 0.182. The minimum atomic E-state index is -1.30. The Hall–Kier alpha value is -3.17. The molecular formula is C11H10N4O6. The van der Waals surface area contributed by atoms with Crippen molar-refractivity contribution in [1.82, 2.24) is 20.0 Å². The van der Waals surface area contributed by atoms with E-state index in [9.17, 15) is 19.5 Å². The van der Waals surface area contributed by atoms with E-state index in [1.165, 1.54) is 19.5 Å². The normalized spacial score (nSPS) is 10.3. The number of carbonyl (C=O) groups excluding carboxylic acids is 1. The molecule has 2 heterocycles. The van der Waals surface area contributed by atoms with Crippen molar-refractivity contribution in [2.24, 2.45) is 0 Å². The lowest BCUT2D eigenvalue weighted by molar-refractivity contribution is -0.135. The lowest BCUT2D eigenvalue weighted by atomic mass is 10.2. The average molecular weight is 294 g/mol. The van der Waals surface area contributed by atoms with Gasteiger partial charge in [0.25, 0.3) is 5.91 Å². The maximum absolute atomic E-state index is 12.1. The van der Waals surface area contributed by atoms with E-state index < -0.39 is 35.3 Å². The van der Waals surface area contributed by atoms with E-state index in [4.69, 9.17) is 9.94 Å². The molecule has 0 aromatic carbocycles. The van der Waals surface area contributed by atoms with Gasteiger partial charge in [-0.2, -0.15) is 0 Å². The quantitative estimate of drug-likeness (QED) is 0.609. The van der Waals surface area contributed by atoms with Gasteiger partial charge in [0.15, 0.2) is 16.8 Å². The third kappa shape index (κ3) is 2.45. The molecular weight excluding hydrogens is 284 g/mol. The molecule has 0 radical (unpaired) electrons. The number of aromatic hydroxyl groups is 1. The zero-order valence-electron chi connectivity index (χ0n) is 10.7. The van der Waals surface area contributed by atoms with Crippen LogP contribution in [0.3, 0.4) is 0 Å². The molecule has 21 heavy (non-hydrogen) atoms. The van der Waals surface area contributed by atoms with Crippen LogP contribution in [0.25, 0.3) is 11.2 Å². The molecule has 0 bridgehead atoms. The number of fused-ring (bicyclic) bond motifs is 1. The van der Waals surface area contributed by atoms with Crippen molar-refractivity contribution in [3.8, 4) is 5.75 Å². The lowest BCUT2D eigenvalue weighted by Gasteiger charge is -2.11. The number of hydrogen-bond donors (Lipinski definition) is 3. The Morgan fingerprint density at radius 1 is 1.38 bits per heavy atom. The molecule has 0 unspecified atom stereocenters. The summed E-state index contributed by atoms with van der Waals surface area (Å²) in [5.41, 5.74) is -1.85. The second kappa shape index (κ2) is 5.45. The molecule has 0 aliphatic heterocycles. The number of rotatable bonds is 4. The van der Waals surface area contributed by atoms with Crippen molar-refractivity contribution >= 4 is 23.0 Å². The highest BCUT2D eigenvalue weighted by atomic mass is 16.7. The largest absolute Gasteiger partial charge is 0.505 e. The molecule has 10 heteroatoms. The van der Waals surface area contributed by atoms with Gasteiger partial charge < -0.3 is 20.4 Å². The molecule has 0 atom stereocenters. The molecule has 0 aliphatic carbocycles. The van der Waals surface area contributed by atoms with Gasteiger partial charge in [-0.15, -0.1) is 4.73 Å². The van der Waals surface area contributed by atoms with Gasteiger partial charge in [0.05, 0.1) is 0 Å². The molecule has 2 aromatic heterocycles. The predicted molar refractivity (Wildman–Crippen MR) is 67.9 cm³/mol. The summed E-state index contributed by atoms with van der Waals surface area (Å²) < 4.78 is 0.678. The SMILES string of the molecule is COn1c(=O)c(C(=O)NCC(=O)O)c(O)c2nccnc21. The summed E-state index contributed by atoms with van der Waals surface area (Å²) in [5, 5.41) is 20.5. The highest BCUT2D eigenvalue weighted by Gasteiger charge is 2.24. The van der Waals surface area contributed by atoms with Crippen molar-refractivity contribution in [1.29, 1.82) is 0 Å². The number of aromatic nitrogens is 3. The first-order chi connectivity index (χ1) is 9.97. The number of nitrogens with zero attached hydrogens (tertiary/aromatic N) is 3. The van der Waals surface area contributed by atoms with Crippen molar-refractivity contribution in [2.45, 2.75) is 0 Å². The van der Waals surface area contributed by atoms with E-state index in [0.717, 1.165) is 0 Å². The third-order valence-electron chi connectivity index (χ3n) is 2.54. The number of pyridine rings is 1. The summed E-state index contributed by atoms with van der Waals surface area (Å²) in [6.45, 7) is -0.705. The number of carbonyl (C=O) groups is 2. The first-order valence-corrected chi connectivity index (χ1v) is 5.60. The summed E-state index contributed by atoms with van der Waals surface area (Å²) in [5.74, 6) is -3.05. The number of aliphatic carboxylic acids is 1. The first kappa shape index (κ1) is 14.2. The van der Waals surface area contributed by atoms with Crippen molar-refractivity contribution < 1.29 is 24.6 Å². The summed E-state index contributed by atoms with van der Waals surface area (Å²) in [6, 6.07) is 0. The summed E-state index contributed by atoms with van der Waals surface area (Å²) >= 11 is 0. The molecule has 0 saturated heterocycles. The van der Waals surface area contributed by atoms with Gasteiger partial charge in [0.2, 0.25) is 5.65 Å². The van der Waals surface area contributed by atoms with E-state index in [1.807, 2.05) is 5.32 Å². The van der Waals surface area contributed by atoms with Crippen LogP contribution in [0.15, 0.2) is 17.2 Å². The molecule has 3 N–H and O–H groups in total. The van der Waals surface area contributed by atoms with Crippen LogP contribution in [0.1, 0.15) is 10.4 Å². The zero-order valence-corrected chi connectivity index (χ0v) is 10.7. The fourth-order valence-electron chi connectivity index (χ4n) is 1.68. The van der Waals surface area contributed by atoms with Gasteiger partial charge in [-0.05, 0) is 0 Å². The Bertz CT molecular complexity index is 784. The van der Waals surface area contributed by atoms with Crippen molar-refractivity contribution in [3.05, 3.63) is 28.3 Å². The highest BCUT2D eigenvalue weighted by Crippen LogP contribution is 2.22. The van der Waals surface area contributed by atoms with E-state index in [2.05, 4.69) is 9.97 Å². The van der Waals surface area contributed by atoms with Gasteiger partial charge in [-0.3, -0.25) is 14.4 Å². The van der Waals surface area contributed by atoms with Crippen LogP contribution < -0.4 is 15.7 Å². The first-order valence-electron chi connectivity index (χ1n) is 5.60. The second-order valence-corrected chi connectivity index (χ2v) is 3.81. The molecule has 1 amide bonds. The van der Waals surface area contributed by atoms with Crippen LogP contribution in [0.5, 0.6) is 5.75 Å². The fourth-order valence-corrected chi connectivity index (χ4v) is 1.68. The van der Waals surface area contributed by atoms with Gasteiger partial charge in [0, 0.05) is 12.4 Å². The molecule has 2 aromatic rings. The Balaban J connectivity index is 2.66. The topological polar surface area (TPSA) is 144 Å². The average Bonchev–Trinajstić information content (AvgIpc) is 2.46. The Morgan fingerprint density at radius 3 is 2.67 bits per heavy atom. The number of hydrogen-bond acceptors (Lipinski definition) is 7. The second-order valence-electron chi connectivity index (χ2n) is 3.81. The van der Waals surface area contributed by atoms with Crippen molar-refractivity contribution in [3.63, 3.8) is 0 Å². The van der Waals surface area contributed by atoms with E-state index in [-0.39, 0.29) is 11.2 Å². The monoisotopic (exact) mass is 294 g/mol. The summed E-state index contributed by atoms with van der Waals surface area (Å²) in [6.07, 6.45) is 2.53. The van der Waals surface area contributed by atoms with Crippen LogP contribution in [-0.4, -0.2) is 50.4 Å². The molecule has 10 nitrogen and oxygen atoms in total. The van der Waals surface area contributed by atoms with Crippen LogP contribution in [-0.2, 0) is 4.79 Å². The van der Waals surface area contributed by atoms with Crippen molar-refractivity contribution in [2.75, 3.05) is 13.7 Å². The standard InChI is InChI=1S/C11H10N4O6/c1-21-15-9-7(12-2-3-13-9)8(18)6(11(15)20)10(19)14-4-5(16)17/h2-3,18H,4H2,1H3,(H,14,19)(H,16,17). The molecule has 110 valence electrons. The predicted octanol–water partition coefficient (Wildman–Crippen LogP) is -1.63. The molecule has 0 saturated carbocycles. The highest BCUT2D eigenvalue weighted by molar-refractivity contribution is 6.01. The van der Waals surface area contributed by atoms with E-state index in [0.29, 0.717) is 4.73 Å². The minimum Gasteiger partial charge on any atom is -0.505 e. The zero-order chi connectivity index (χ0) is 15.6. The van der Waals surface area contributed by atoms with Crippen LogP contribution in [0.4, 0.5) is 0 Å². The third-order valence-corrected chi connectivity index (χ3v) is 2.54. The Morgan fingerprint density at radius 2 is 2.05 bits per heavy atom. The van der Waals surface area contributed by atoms with Gasteiger partial charge >= 0.3 is 11.5 Å². The summed E-state index contributed by atoms with van der Waals surface area (Å²) in [4.78, 5) is 46.9. The van der Waals surface area contributed by atoms with E-state index in [1.54, 1.807) is 0 Å². The van der Waals surface area contributed by atoms with Crippen LogP contribution in [0.2, 0.25) is 0 Å². The van der Waals surface area contributed by atoms with Gasteiger partial charge in [-0.1, -0.05) is 0 Å². The van der Waals surface area contributed by atoms with Gasteiger partial charge in [0.1, 0.15) is 13.7 Å². The minimum absolute atomic E-state index is 0.0720.